The maximum Gasteiger partial charge on any atom is 0.111 e. The first-order valence-electron chi connectivity index (χ1n) is 12.4. The first-order chi connectivity index (χ1) is 14.6. The van der Waals surface area contributed by atoms with Gasteiger partial charge in [-0.1, -0.05) is 43.7 Å². The van der Waals surface area contributed by atoms with E-state index in [1.54, 1.807) is 5.57 Å². The summed E-state index contributed by atoms with van der Waals surface area (Å²) in [7, 11) is 0. The summed E-state index contributed by atoms with van der Waals surface area (Å²) in [5, 5.41) is 39.7. The topological polar surface area (TPSA) is 80.9 Å². The highest BCUT2D eigenvalue weighted by atomic mass is 16.4. The molecule has 4 N–H and O–H groups in total. The van der Waals surface area contributed by atoms with Crippen LogP contribution in [0.4, 0.5) is 0 Å². The van der Waals surface area contributed by atoms with Gasteiger partial charge in [-0.3, -0.25) is 0 Å². The number of aliphatic hydroxyl groups is 4. The highest BCUT2D eigenvalue weighted by Crippen LogP contribution is 2.60. The third-order valence-electron chi connectivity index (χ3n) is 8.85. The van der Waals surface area contributed by atoms with Gasteiger partial charge in [0.05, 0.1) is 18.8 Å². The molecule has 176 valence electrons. The molecule has 3 fully saturated rings. The molecule has 3 aliphatic carbocycles. The Bertz CT molecular complexity index is 706. The summed E-state index contributed by atoms with van der Waals surface area (Å²) in [6.45, 7) is 10.1. The quantitative estimate of drug-likeness (QED) is 0.471. The molecule has 3 saturated carbocycles. The molecule has 0 spiro atoms. The van der Waals surface area contributed by atoms with Crippen LogP contribution in [-0.4, -0.2) is 44.8 Å². The lowest BCUT2D eigenvalue weighted by atomic mass is 9.60. The Morgan fingerprint density at radius 3 is 2.65 bits per heavy atom. The Morgan fingerprint density at radius 2 is 1.94 bits per heavy atom. The largest absolute Gasteiger partial charge is 0.393 e. The van der Waals surface area contributed by atoms with Gasteiger partial charge in [0.15, 0.2) is 0 Å². The molecule has 0 aromatic rings. The Balaban J connectivity index is 1.68. The van der Waals surface area contributed by atoms with Crippen LogP contribution in [0, 0.1) is 23.2 Å². The lowest BCUT2D eigenvalue weighted by Gasteiger charge is -2.44. The van der Waals surface area contributed by atoms with Crippen molar-refractivity contribution in [2.24, 2.45) is 23.2 Å². The van der Waals surface area contributed by atoms with Crippen molar-refractivity contribution in [1.82, 2.24) is 0 Å². The van der Waals surface area contributed by atoms with Crippen LogP contribution in [0.25, 0.3) is 0 Å². The number of hydrogen-bond acceptors (Lipinski definition) is 4. The van der Waals surface area contributed by atoms with E-state index >= 15 is 0 Å². The van der Waals surface area contributed by atoms with E-state index < -0.39 is 18.3 Å². The summed E-state index contributed by atoms with van der Waals surface area (Å²) in [4.78, 5) is 0. The first kappa shape index (κ1) is 24.7. The van der Waals surface area contributed by atoms with Crippen molar-refractivity contribution in [3.8, 4) is 0 Å². The number of fused-ring (bicyclic) bond motifs is 1. The van der Waals surface area contributed by atoms with Crippen molar-refractivity contribution in [3.63, 3.8) is 0 Å². The normalized spacial score (nSPS) is 38.2. The average Bonchev–Trinajstić information content (AvgIpc) is 3.09. The van der Waals surface area contributed by atoms with Gasteiger partial charge in [-0.15, -0.1) is 0 Å². The molecule has 0 heterocycles. The third-order valence-corrected chi connectivity index (χ3v) is 8.85. The molecule has 4 heteroatoms. The second kappa shape index (κ2) is 9.91. The van der Waals surface area contributed by atoms with Crippen molar-refractivity contribution in [2.75, 3.05) is 6.61 Å². The maximum atomic E-state index is 10.3. The molecule has 0 aromatic carbocycles. The highest BCUT2D eigenvalue weighted by Gasteiger charge is 2.50. The molecular weight excluding hydrogens is 388 g/mol. The summed E-state index contributed by atoms with van der Waals surface area (Å²) in [6, 6.07) is 0. The van der Waals surface area contributed by atoms with Crippen molar-refractivity contribution in [2.45, 2.75) is 103 Å². The van der Waals surface area contributed by atoms with E-state index in [4.69, 9.17) is 0 Å². The fraction of sp³-hybridized carbons (Fsp3) is 0.778. The summed E-state index contributed by atoms with van der Waals surface area (Å²) in [5.74, 6) is 1.70. The minimum atomic E-state index is -1.42. The van der Waals surface area contributed by atoms with Crippen LogP contribution in [0.15, 0.2) is 35.5 Å². The van der Waals surface area contributed by atoms with Crippen LogP contribution in [0.5, 0.6) is 0 Å². The Labute approximate surface area is 188 Å². The van der Waals surface area contributed by atoms with E-state index in [2.05, 4.69) is 32.6 Å². The van der Waals surface area contributed by atoms with E-state index in [0.717, 1.165) is 32.1 Å². The van der Waals surface area contributed by atoms with Crippen LogP contribution < -0.4 is 0 Å². The fourth-order valence-electron chi connectivity index (χ4n) is 6.65. The SMILES string of the molecule is C=C1CCC(O)CC1=CC=C1CCCC2(C)C1CCC2C(C)CCC(O)C(C)(O)CO. The van der Waals surface area contributed by atoms with E-state index in [0.29, 0.717) is 24.2 Å². The molecule has 7 atom stereocenters. The molecule has 31 heavy (non-hydrogen) atoms. The van der Waals surface area contributed by atoms with Crippen LogP contribution in [0.1, 0.15) is 85.0 Å². The molecule has 0 aromatic heterocycles. The lowest BCUT2D eigenvalue weighted by Crippen LogP contribution is -2.43. The van der Waals surface area contributed by atoms with E-state index in [1.807, 2.05) is 0 Å². The van der Waals surface area contributed by atoms with Gasteiger partial charge in [-0.2, -0.15) is 0 Å². The molecule has 4 nitrogen and oxygen atoms in total. The van der Waals surface area contributed by atoms with Gasteiger partial charge in [0, 0.05) is 0 Å². The van der Waals surface area contributed by atoms with Gasteiger partial charge in [0.2, 0.25) is 0 Å². The molecule has 3 rings (SSSR count). The molecule has 3 aliphatic rings. The zero-order valence-corrected chi connectivity index (χ0v) is 19.8. The number of allylic oxidation sites excluding steroid dienone is 4. The van der Waals surface area contributed by atoms with Crippen molar-refractivity contribution in [1.29, 1.82) is 0 Å². The maximum absolute atomic E-state index is 10.3. The molecule has 0 bridgehead atoms. The summed E-state index contributed by atoms with van der Waals surface area (Å²) >= 11 is 0. The summed E-state index contributed by atoms with van der Waals surface area (Å²) in [6.07, 6.45) is 13.4. The smallest absolute Gasteiger partial charge is 0.111 e. The van der Waals surface area contributed by atoms with Crippen LogP contribution >= 0.6 is 0 Å². The Hall–Kier alpha value is -0.940. The van der Waals surface area contributed by atoms with Gasteiger partial charge in [-0.05, 0) is 99.9 Å². The predicted octanol–water partition coefficient (Wildman–Crippen LogP) is 4.68. The van der Waals surface area contributed by atoms with Crippen molar-refractivity contribution in [3.05, 3.63) is 35.5 Å². The minimum absolute atomic E-state index is 0.231. The third kappa shape index (κ3) is 5.35. The minimum Gasteiger partial charge on any atom is -0.393 e. The van der Waals surface area contributed by atoms with Gasteiger partial charge in [0.25, 0.3) is 0 Å². The van der Waals surface area contributed by atoms with Gasteiger partial charge < -0.3 is 20.4 Å². The predicted molar refractivity (Wildman–Crippen MR) is 125 cm³/mol. The van der Waals surface area contributed by atoms with E-state index in [1.165, 1.54) is 43.8 Å². The van der Waals surface area contributed by atoms with Crippen molar-refractivity contribution >= 4 is 0 Å². The molecule has 0 aliphatic heterocycles. The van der Waals surface area contributed by atoms with Crippen molar-refractivity contribution < 1.29 is 20.4 Å². The van der Waals surface area contributed by atoms with Crippen LogP contribution in [0.3, 0.4) is 0 Å². The van der Waals surface area contributed by atoms with Crippen LogP contribution in [-0.2, 0) is 0 Å². The molecular formula is C27H44O4. The summed E-state index contributed by atoms with van der Waals surface area (Å²) in [5.41, 5.74) is 2.82. The number of aliphatic hydroxyl groups excluding tert-OH is 3. The zero-order valence-electron chi connectivity index (χ0n) is 19.8. The molecule has 0 saturated heterocycles. The lowest BCUT2D eigenvalue weighted by molar-refractivity contribution is -0.0971. The molecule has 0 radical (unpaired) electrons. The number of hydrogen-bond donors (Lipinski definition) is 4. The number of rotatable bonds is 7. The summed E-state index contributed by atoms with van der Waals surface area (Å²) < 4.78 is 0. The first-order valence-corrected chi connectivity index (χ1v) is 12.4. The van der Waals surface area contributed by atoms with E-state index in [-0.39, 0.29) is 11.5 Å². The monoisotopic (exact) mass is 432 g/mol. The van der Waals surface area contributed by atoms with Crippen LogP contribution in [0.2, 0.25) is 0 Å². The zero-order chi connectivity index (χ0) is 22.8. The second-order valence-electron chi connectivity index (χ2n) is 11.1. The highest BCUT2D eigenvalue weighted by molar-refractivity contribution is 5.36. The fourth-order valence-corrected chi connectivity index (χ4v) is 6.65. The van der Waals surface area contributed by atoms with Gasteiger partial charge >= 0.3 is 0 Å². The van der Waals surface area contributed by atoms with Gasteiger partial charge in [0.1, 0.15) is 5.60 Å². The second-order valence-corrected chi connectivity index (χ2v) is 11.1. The van der Waals surface area contributed by atoms with E-state index in [9.17, 15) is 20.4 Å². The Morgan fingerprint density at radius 1 is 1.19 bits per heavy atom. The Kier molecular flexibility index (Phi) is 7.89. The standard InChI is InChI=1S/C27H44O4/c1-18-7-11-22(29)16-21(18)10-9-20-6-5-15-26(3)23(12-13-24(20)26)19(2)8-14-25(30)27(4,31)17-28/h9-10,19,22-25,28-31H,1,5-8,11-17H2,2-4H3. The van der Waals surface area contributed by atoms with Gasteiger partial charge in [-0.25, -0.2) is 0 Å². The molecule has 7 unspecified atom stereocenters. The average molecular weight is 433 g/mol. The molecule has 0 amide bonds.